The number of hydrogen-bond acceptors (Lipinski definition) is 2. The van der Waals surface area contributed by atoms with Crippen LogP contribution in [0.5, 0.6) is 0 Å². The van der Waals surface area contributed by atoms with Gasteiger partial charge in [-0.3, -0.25) is 0 Å². The largest absolute Gasteiger partial charge is 0.384 e. The molecule has 0 aliphatic carbocycles. The highest BCUT2D eigenvalue weighted by molar-refractivity contribution is 5.94. The number of hydrogen-bond donors (Lipinski definition) is 1. The average molecular weight is 260 g/mol. The van der Waals surface area contributed by atoms with Gasteiger partial charge in [-0.15, -0.1) is 0 Å². The Balaban J connectivity index is 2.70. The number of fused-ring (bicyclic) bond motifs is 1. The van der Waals surface area contributed by atoms with Crippen LogP contribution in [-0.2, 0) is 0 Å². The van der Waals surface area contributed by atoms with E-state index in [2.05, 4.69) is 37.1 Å². The molecule has 2 nitrogen and oxygen atoms in total. The number of pyridine rings is 1. The zero-order valence-corrected chi connectivity index (χ0v) is 12.0. The second-order valence-electron chi connectivity index (χ2n) is 5.26. The molecule has 0 amide bonds. The summed E-state index contributed by atoms with van der Waals surface area (Å²) in [6, 6.07) is 5.36. The Bertz CT molecular complexity index is 591. The van der Waals surface area contributed by atoms with Crippen molar-refractivity contribution in [3.63, 3.8) is 0 Å². The Morgan fingerprint density at radius 2 is 2.05 bits per heavy atom. The average Bonchev–Trinajstić information content (AvgIpc) is 2.39. The van der Waals surface area contributed by atoms with Crippen LogP contribution >= 0.6 is 0 Å². The Morgan fingerprint density at radius 3 is 2.68 bits per heavy atom. The van der Waals surface area contributed by atoms with Crippen molar-refractivity contribution in [1.29, 1.82) is 0 Å². The van der Waals surface area contributed by atoms with Crippen LogP contribution < -0.4 is 5.32 Å². The smallest absolute Gasteiger partial charge is 0.149 e. The van der Waals surface area contributed by atoms with Gasteiger partial charge in [0.15, 0.2) is 0 Å². The molecule has 0 atom stereocenters. The number of rotatable bonds is 4. The molecule has 3 heteroatoms. The van der Waals surface area contributed by atoms with E-state index in [0.29, 0.717) is 5.52 Å². The number of nitrogens with zero attached hydrogens (tertiary/aromatic N) is 1. The van der Waals surface area contributed by atoms with Crippen molar-refractivity contribution >= 4 is 16.6 Å². The van der Waals surface area contributed by atoms with Crippen LogP contribution in [0.3, 0.4) is 0 Å². The van der Waals surface area contributed by atoms with Gasteiger partial charge >= 0.3 is 0 Å². The van der Waals surface area contributed by atoms with Crippen LogP contribution in [0.15, 0.2) is 18.2 Å². The lowest BCUT2D eigenvalue weighted by Gasteiger charge is -2.15. The molecule has 2 aromatic rings. The van der Waals surface area contributed by atoms with Gasteiger partial charge in [-0.25, -0.2) is 9.37 Å². The molecular weight excluding hydrogens is 239 g/mol. The molecule has 0 bridgehead atoms. The maximum absolute atomic E-state index is 14.0. The number of nitrogens with one attached hydrogen (secondary N) is 1. The molecule has 1 N–H and O–H groups in total. The van der Waals surface area contributed by atoms with Gasteiger partial charge in [0.25, 0.3) is 0 Å². The van der Waals surface area contributed by atoms with E-state index in [0.717, 1.165) is 35.3 Å². The van der Waals surface area contributed by atoms with E-state index >= 15 is 0 Å². The highest BCUT2D eigenvalue weighted by atomic mass is 19.1. The van der Waals surface area contributed by atoms with Crippen LogP contribution in [0.4, 0.5) is 10.1 Å². The zero-order chi connectivity index (χ0) is 14.0. The summed E-state index contributed by atoms with van der Waals surface area (Å²) in [4.78, 5) is 4.49. The minimum absolute atomic E-state index is 0.248. The van der Waals surface area contributed by atoms with Crippen molar-refractivity contribution in [2.75, 3.05) is 11.9 Å². The van der Waals surface area contributed by atoms with Crippen LogP contribution in [0.1, 0.15) is 44.4 Å². The Hall–Kier alpha value is -1.64. The molecule has 0 spiro atoms. The third-order valence-electron chi connectivity index (χ3n) is 3.30. The molecule has 0 aliphatic heterocycles. The van der Waals surface area contributed by atoms with E-state index < -0.39 is 0 Å². The standard InChI is InChI=1S/C16H21FN2/c1-5-8-18-14-9-13(10(2)3)19-16-12(17)7-6-11(4)15(14)16/h6-7,9-10H,5,8H2,1-4H3,(H,18,19). The van der Waals surface area contributed by atoms with Crippen LogP contribution in [-0.4, -0.2) is 11.5 Å². The molecule has 0 fully saturated rings. The van der Waals surface area contributed by atoms with Crippen molar-refractivity contribution in [3.05, 3.63) is 35.3 Å². The third-order valence-corrected chi connectivity index (χ3v) is 3.30. The molecule has 1 aromatic carbocycles. The summed E-state index contributed by atoms with van der Waals surface area (Å²) in [6.45, 7) is 9.15. The number of benzene rings is 1. The van der Waals surface area contributed by atoms with E-state index in [1.54, 1.807) is 0 Å². The van der Waals surface area contributed by atoms with Crippen molar-refractivity contribution in [1.82, 2.24) is 4.98 Å². The number of halogens is 1. The summed E-state index contributed by atoms with van der Waals surface area (Å²) >= 11 is 0. The molecule has 1 aromatic heterocycles. The molecular formula is C16H21FN2. The first kappa shape index (κ1) is 13.8. The predicted molar refractivity (Wildman–Crippen MR) is 79.3 cm³/mol. The van der Waals surface area contributed by atoms with E-state index in [9.17, 15) is 4.39 Å². The van der Waals surface area contributed by atoms with Crippen molar-refractivity contribution in [3.8, 4) is 0 Å². The first-order valence-corrected chi connectivity index (χ1v) is 6.88. The first-order valence-electron chi connectivity index (χ1n) is 6.88. The fraction of sp³-hybridized carbons (Fsp3) is 0.438. The Labute approximate surface area is 114 Å². The fourth-order valence-electron chi connectivity index (χ4n) is 2.19. The maximum atomic E-state index is 14.0. The molecule has 19 heavy (non-hydrogen) atoms. The van der Waals surface area contributed by atoms with E-state index in [-0.39, 0.29) is 11.7 Å². The van der Waals surface area contributed by atoms with Gasteiger partial charge in [-0.05, 0) is 37.0 Å². The Kier molecular flexibility index (Phi) is 4.03. The number of anilines is 1. The van der Waals surface area contributed by atoms with E-state index in [1.807, 2.05) is 13.0 Å². The molecule has 0 radical (unpaired) electrons. The molecule has 0 saturated heterocycles. The van der Waals surface area contributed by atoms with E-state index in [4.69, 9.17) is 0 Å². The van der Waals surface area contributed by atoms with Gasteiger partial charge in [0.1, 0.15) is 11.3 Å². The minimum Gasteiger partial charge on any atom is -0.384 e. The molecule has 102 valence electrons. The second kappa shape index (κ2) is 5.55. The third kappa shape index (κ3) is 2.70. The molecule has 0 saturated carbocycles. The second-order valence-corrected chi connectivity index (χ2v) is 5.26. The number of aromatic nitrogens is 1. The van der Waals surface area contributed by atoms with Crippen LogP contribution in [0.2, 0.25) is 0 Å². The zero-order valence-electron chi connectivity index (χ0n) is 12.0. The molecule has 0 aliphatic rings. The maximum Gasteiger partial charge on any atom is 0.149 e. The van der Waals surface area contributed by atoms with Gasteiger partial charge < -0.3 is 5.32 Å². The summed E-state index contributed by atoms with van der Waals surface area (Å²) in [5, 5.41) is 4.29. The van der Waals surface area contributed by atoms with Crippen LogP contribution in [0.25, 0.3) is 10.9 Å². The van der Waals surface area contributed by atoms with Gasteiger partial charge in [-0.2, -0.15) is 0 Å². The van der Waals surface area contributed by atoms with Gasteiger partial charge in [0.2, 0.25) is 0 Å². The molecule has 1 heterocycles. The predicted octanol–water partition coefficient (Wildman–Crippen LogP) is 4.63. The first-order chi connectivity index (χ1) is 9.04. The summed E-state index contributed by atoms with van der Waals surface area (Å²) in [7, 11) is 0. The molecule has 2 rings (SSSR count). The monoisotopic (exact) mass is 260 g/mol. The van der Waals surface area contributed by atoms with Crippen molar-refractivity contribution in [2.24, 2.45) is 0 Å². The molecule has 0 unspecified atom stereocenters. The van der Waals surface area contributed by atoms with Crippen LogP contribution in [0, 0.1) is 12.7 Å². The van der Waals surface area contributed by atoms with Crippen molar-refractivity contribution in [2.45, 2.75) is 40.0 Å². The van der Waals surface area contributed by atoms with Gasteiger partial charge in [-0.1, -0.05) is 26.8 Å². The summed E-state index contributed by atoms with van der Waals surface area (Å²) in [5.41, 5.74) is 3.45. The van der Waals surface area contributed by atoms with Gasteiger partial charge in [0.05, 0.1) is 0 Å². The van der Waals surface area contributed by atoms with Crippen molar-refractivity contribution < 1.29 is 4.39 Å². The fourth-order valence-corrected chi connectivity index (χ4v) is 2.19. The minimum atomic E-state index is -0.248. The lowest BCUT2D eigenvalue weighted by Crippen LogP contribution is -2.05. The number of aryl methyl sites for hydroxylation is 1. The normalized spacial score (nSPS) is 11.3. The quantitative estimate of drug-likeness (QED) is 0.867. The topological polar surface area (TPSA) is 24.9 Å². The Morgan fingerprint density at radius 1 is 1.32 bits per heavy atom. The van der Waals surface area contributed by atoms with Gasteiger partial charge in [0, 0.05) is 23.3 Å². The summed E-state index contributed by atoms with van der Waals surface area (Å²) in [6.07, 6.45) is 1.04. The summed E-state index contributed by atoms with van der Waals surface area (Å²) < 4.78 is 14.0. The highest BCUT2D eigenvalue weighted by Crippen LogP contribution is 2.30. The SMILES string of the molecule is CCCNc1cc(C(C)C)nc2c(F)ccc(C)c12. The lowest BCUT2D eigenvalue weighted by atomic mass is 10.0. The van der Waals surface area contributed by atoms with E-state index in [1.165, 1.54) is 6.07 Å². The summed E-state index contributed by atoms with van der Waals surface area (Å²) in [5.74, 6) is 0.0362. The lowest BCUT2D eigenvalue weighted by molar-refractivity contribution is 0.635. The highest BCUT2D eigenvalue weighted by Gasteiger charge is 2.13.